The van der Waals surface area contributed by atoms with Crippen LogP contribution in [0.3, 0.4) is 0 Å². The quantitative estimate of drug-likeness (QED) is 0.937. The number of hydrogen-bond acceptors (Lipinski definition) is 5. The highest BCUT2D eigenvalue weighted by Crippen LogP contribution is 2.27. The van der Waals surface area contributed by atoms with Crippen molar-refractivity contribution >= 4 is 11.7 Å². The summed E-state index contributed by atoms with van der Waals surface area (Å²) in [5.74, 6) is 1.48. The first-order valence-electron chi connectivity index (χ1n) is 7.08. The summed E-state index contributed by atoms with van der Waals surface area (Å²) in [4.78, 5) is 20.9. The number of fused-ring (bicyclic) bond motifs is 1. The molecule has 1 aromatic heterocycles. The van der Waals surface area contributed by atoms with Crippen molar-refractivity contribution in [1.82, 2.24) is 9.97 Å². The van der Waals surface area contributed by atoms with E-state index in [1.165, 1.54) is 6.33 Å². The van der Waals surface area contributed by atoms with E-state index in [1.807, 2.05) is 0 Å². The van der Waals surface area contributed by atoms with Gasteiger partial charge in [-0.1, -0.05) is 0 Å². The minimum Gasteiger partial charge on any atom is -0.497 e. The molecule has 0 spiro atoms. The van der Waals surface area contributed by atoms with Crippen molar-refractivity contribution < 1.29 is 14.3 Å². The lowest BCUT2D eigenvalue weighted by atomic mass is 10.1. The second-order valence-corrected chi connectivity index (χ2v) is 5.06. The molecule has 114 valence electrons. The summed E-state index contributed by atoms with van der Waals surface area (Å²) in [5.41, 5.74) is 2.51. The molecule has 0 atom stereocenters. The second kappa shape index (κ2) is 6.01. The molecule has 0 bridgehead atoms. The van der Waals surface area contributed by atoms with E-state index in [2.05, 4.69) is 15.3 Å². The van der Waals surface area contributed by atoms with Crippen LogP contribution < -0.4 is 14.8 Å². The monoisotopic (exact) mass is 299 g/mol. The van der Waals surface area contributed by atoms with Crippen molar-refractivity contribution in [2.45, 2.75) is 19.3 Å². The van der Waals surface area contributed by atoms with Gasteiger partial charge in [-0.3, -0.25) is 4.79 Å². The first kappa shape index (κ1) is 14.3. The molecule has 0 unspecified atom stereocenters. The van der Waals surface area contributed by atoms with Gasteiger partial charge in [-0.2, -0.15) is 0 Å². The predicted molar refractivity (Wildman–Crippen MR) is 81.6 cm³/mol. The lowest BCUT2D eigenvalue weighted by Gasteiger charge is -2.10. The fourth-order valence-electron chi connectivity index (χ4n) is 2.59. The van der Waals surface area contributed by atoms with E-state index in [0.29, 0.717) is 22.9 Å². The Morgan fingerprint density at radius 2 is 1.82 bits per heavy atom. The Kier molecular flexibility index (Phi) is 3.91. The molecule has 1 aliphatic carbocycles. The topological polar surface area (TPSA) is 73.3 Å². The number of anilines is 1. The number of methoxy groups -OCH3 is 2. The van der Waals surface area contributed by atoms with Crippen LogP contribution in [0, 0.1) is 0 Å². The van der Waals surface area contributed by atoms with E-state index in [4.69, 9.17) is 9.47 Å². The summed E-state index contributed by atoms with van der Waals surface area (Å²) in [6.45, 7) is 0. The van der Waals surface area contributed by atoms with Gasteiger partial charge in [-0.05, 0) is 31.4 Å². The molecule has 6 nitrogen and oxygen atoms in total. The van der Waals surface area contributed by atoms with E-state index in [-0.39, 0.29) is 5.91 Å². The summed E-state index contributed by atoms with van der Waals surface area (Å²) < 4.78 is 10.4. The van der Waals surface area contributed by atoms with Crippen molar-refractivity contribution in [1.29, 1.82) is 0 Å². The van der Waals surface area contributed by atoms with Gasteiger partial charge >= 0.3 is 0 Å². The van der Waals surface area contributed by atoms with Crippen LogP contribution in [0.5, 0.6) is 11.5 Å². The fraction of sp³-hybridized carbons (Fsp3) is 0.312. The van der Waals surface area contributed by atoms with Gasteiger partial charge in [0, 0.05) is 22.9 Å². The summed E-state index contributed by atoms with van der Waals surface area (Å²) >= 11 is 0. The molecule has 1 heterocycles. The molecule has 1 aliphatic rings. The van der Waals surface area contributed by atoms with E-state index in [0.717, 1.165) is 30.5 Å². The van der Waals surface area contributed by atoms with Gasteiger partial charge in [-0.15, -0.1) is 0 Å². The fourth-order valence-corrected chi connectivity index (χ4v) is 2.59. The zero-order valence-electron chi connectivity index (χ0n) is 12.5. The van der Waals surface area contributed by atoms with Gasteiger partial charge < -0.3 is 14.8 Å². The molecule has 1 aromatic carbocycles. The predicted octanol–water partition coefficient (Wildman–Crippen LogP) is 2.23. The van der Waals surface area contributed by atoms with E-state index >= 15 is 0 Å². The third-order valence-electron chi connectivity index (χ3n) is 3.72. The van der Waals surface area contributed by atoms with Crippen molar-refractivity contribution in [3.8, 4) is 11.5 Å². The van der Waals surface area contributed by atoms with Gasteiger partial charge in [0.1, 0.15) is 23.6 Å². The van der Waals surface area contributed by atoms with Crippen molar-refractivity contribution in [2.75, 3.05) is 19.5 Å². The number of amides is 1. The molecule has 0 saturated heterocycles. The minimum atomic E-state index is -0.245. The first-order chi connectivity index (χ1) is 10.7. The lowest BCUT2D eigenvalue weighted by molar-refractivity contribution is 0.102. The average molecular weight is 299 g/mol. The molecule has 0 saturated carbocycles. The number of ether oxygens (including phenoxy) is 2. The number of hydrogen-bond donors (Lipinski definition) is 1. The highest BCUT2D eigenvalue weighted by Gasteiger charge is 2.19. The Morgan fingerprint density at radius 3 is 2.50 bits per heavy atom. The summed E-state index contributed by atoms with van der Waals surface area (Å²) in [5, 5.41) is 2.86. The van der Waals surface area contributed by atoms with Crippen molar-refractivity contribution in [3.05, 3.63) is 41.3 Å². The SMILES string of the molecule is COc1cc(OC)cc(C(=O)Nc2ncnc3c2CCC3)c1. The standard InChI is InChI=1S/C16H17N3O3/c1-21-11-6-10(7-12(8-11)22-2)16(20)19-15-13-4-3-5-14(13)17-9-18-15/h6-9H,3-5H2,1-2H3,(H,17,18,19,20). The molecule has 2 aromatic rings. The Balaban J connectivity index is 1.88. The molecule has 6 heteroatoms. The number of aromatic nitrogens is 2. The maximum absolute atomic E-state index is 12.5. The maximum atomic E-state index is 12.5. The third kappa shape index (κ3) is 2.72. The van der Waals surface area contributed by atoms with Crippen LogP contribution in [0.4, 0.5) is 5.82 Å². The molecule has 0 radical (unpaired) electrons. The summed E-state index contributed by atoms with van der Waals surface area (Å²) in [6, 6.07) is 5.05. The van der Waals surface area contributed by atoms with Gasteiger partial charge in [0.25, 0.3) is 5.91 Å². The van der Waals surface area contributed by atoms with Crippen LogP contribution in [0.15, 0.2) is 24.5 Å². The van der Waals surface area contributed by atoms with Gasteiger partial charge in [0.2, 0.25) is 0 Å². The Hall–Kier alpha value is -2.63. The molecule has 1 N–H and O–H groups in total. The van der Waals surface area contributed by atoms with Crippen LogP contribution in [0.1, 0.15) is 28.0 Å². The lowest BCUT2D eigenvalue weighted by Crippen LogP contribution is -2.15. The maximum Gasteiger partial charge on any atom is 0.257 e. The van der Waals surface area contributed by atoms with Gasteiger partial charge in [-0.25, -0.2) is 9.97 Å². The number of nitrogens with zero attached hydrogens (tertiary/aromatic N) is 2. The van der Waals surface area contributed by atoms with Crippen molar-refractivity contribution in [2.24, 2.45) is 0 Å². The number of aryl methyl sites for hydroxylation is 1. The molecular weight excluding hydrogens is 282 g/mol. The van der Waals surface area contributed by atoms with E-state index < -0.39 is 0 Å². The Bertz CT molecular complexity index is 694. The molecule has 22 heavy (non-hydrogen) atoms. The van der Waals surface area contributed by atoms with Crippen LogP contribution in [-0.4, -0.2) is 30.1 Å². The zero-order valence-corrected chi connectivity index (χ0v) is 12.5. The normalized spacial score (nSPS) is 12.6. The highest BCUT2D eigenvalue weighted by molar-refractivity contribution is 6.04. The number of carbonyl (C=O) groups is 1. The number of carbonyl (C=O) groups excluding carboxylic acids is 1. The van der Waals surface area contributed by atoms with Gasteiger partial charge in [0.05, 0.1) is 14.2 Å². The van der Waals surface area contributed by atoms with Crippen LogP contribution >= 0.6 is 0 Å². The second-order valence-electron chi connectivity index (χ2n) is 5.06. The number of benzene rings is 1. The van der Waals surface area contributed by atoms with Gasteiger partial charge in [0.15, 0.2) is 0 Å². The number of rotatable bonds is 4. The van der Waals surface area contributed by atoms with E-state index in [1.54, 1.807) is 32.4 Å². The van der Waals surface area contributed by atoms with Crippen LogP contribution in [-0.2, 0) is 12.8 Å². The van der Waals surface area contributed by atoms with Crippen LogP contribution in [0.25, 0.3) is 0 Å². The van der Waals surface area contributed by atoms with Crippen LogP contribution in [0.2, 0.25) is 0 Å². The van der Waals surface area contributed by atoms with E-state index in [9.17, 15) is 4.79 Å². The first-order valence-corrected chi connectivity index (χ1v) is 7.08. The molecule has 3 rings (SSSR count). The van der Waals surface area contributed by atoms with Crippen molar-refractivity contribution in [3.63, 3.8) is 0 Å². The number of nitrogens with one attached hydrogen (secondary N) is 1. The molecule has 0 fully saturated rings. The highest BCUT2D eigenvalue weighted by atomic mass is 16.5. The molecular formula is C16H17N3O3. The average Bonchev–Trinajstić information content (AvgIpc) is 3.04. The third-order valence-corrected chi connectivity index (χ3v) is 3.72. The Morgan fingerprint density at radius 1 is 1.09 bits per heavy atom. The summed E-state index contributed by atoms with van der Waals surface area (Å²) in [7, 11) is 3.10. The minimum absolute atomic E-state index is 0.245. The molecule has 1 amide bonds. The zero-order chi connectivity index (χ0) is 15.5. The summed E-state index contributed by atoms with van der Waals surface area (Å²) in [6.07, 6.45) is 4.37. The smallest absolute Gasteiger partial charge is 0.257 e. The molecule has 0 aliphatic heterocycles. The Labute approximate surface area is 128 Å². The largest absolute Gasteiger partial charge is 0.497 e.